The summed E-state index contributed by atoms with van der Waals surface area (Å²) in [5.74, 6) is 0.445. The van der Waals surface area contributed by atoms with Gasteiger partial charge in [0.2, 0.25) is 0 Å². The fourth-order valence-electron chi connectivity index (χ4n) is 3.20. The molecule has 3 rings (SSSR count). The number of rotatable bonds is 6. The second kappa shape index (κ2) is 7.97. The molecule has 142 valence electrons. The van der Waals surface area contributed by atoms with Crippen molar-refractivity contribution in [2.45, 2.75) is 46.1 Å². The van der Waals surface area contributed by atoms with E-state index in [2.05, 4.69) is 32.2 Å². The maximum Gasteiger partial charge on any atom is 0.287 e. The fraction of sp³-hybridized carbons (Fsp3) is 0.348. The van der Waals surface area contributed by atoms with Crippen molar-refractivity contribution in [3.05, 3.63) is 70.5 Å². The van der Waals surface area contributed by atoms with E-state index in [9.17, 15) is 9.90 Å². The van der Waals surface area contributed by atoms with E-state index in [0.717, 1.165) is 22.9 Å². The van der Waals surface area contributed by atoms with Crippen LogP contribution in [0.4, 0.5) is 0 Å². The number of hydrogen-bond acceptors (Lipinski definition) is 3. The van der Waals surface area contributed by atoms with Gasteiger partial charge in [0.25, 0.3) is 5.91 Å². The first-order valence-electron chi connectivity index (χ1n) is 9.48. The zero-order chi connectivity index (χ0) is 19.6. The van der Waals surface area contributed by atoms with E-state index in [0.29, 0.717) is 17.3 Å². The summed E-state index contributed by atoms with van der Waals surface area (Å²) in [6.45, 7) is 8.38. The monoisotopic (exact) mass is 365 g/mol. The second-order valence-electron chi connectivity index (χ2n) is 7.29. The average Bonchev–Trinajstić information content (AvgIpc) is 3.02. The lowest BCUT2D eigenvalue weighted by atomic mass is 10.00. The van der Waals surface area contributed by atoms with E-state index in [4.69, 9.17) is 4.42 Å². The molecule has 2 N–H and O–H groups in total. The van der Waals surface area contributed by atoms with E-state index in [1.165, 1.54) is 11.1 Å². The van der Waals surface area contributed by atoms with Gasteiger partial charge in [-0.2, -0.15) is 0 Å². The van der Waals surface area contributed by atoms with Crippen LogP contribution in [-0.4, -0.2) is 17.6 Å². The highest BCUT2D eigenvalue weighted by Gasteiger charge is 2.19. The highest BCUT2D eigenvalue weighted by Crippen LogP contribution is 2.26. The molecular formula is C23H27NO3. The van der Waals surface area contributed by atoms with Crippen molar-refractivity contribution in [2.75, 3.05) is 6.54 Å². The summed E-state index contributed by atoms with van der Waals surface area (Å²) in [6, 6.07) is 13.8. The van der Waals surface area contributed by atoms with Crippen molar-refractivity contribution in [1.82, 2.24) is 5.32 Å². The first-order chi connectivity index (χ1) is 12.9. The number of benzene rings is 2. The lowest BCUT2D eigenvalue weighted by molar-refractivity contribution is 0.0890. The van der Waals surface area contributed by atoms with Gasteiger partial charge in [0.05, 0.1) is 6.10 Å². The highest BCUT2D eigenvalue weighted by molar-refractivity contribution is 5.99. The third-order valence-electron chi connectivity index (χ3n) is 5.06. The zero-order valence-corrected chi connectivity index (χ0v) is 16.4. The molecule has 0 saturated heterocycles. The Morgan fingerprint density at radius 1 is 1.11 bits per heavy atom. The maximum atomic E-state index is 12.6. The Labute approximate surface area is 160 Å². The van der Waals surface area contributed by atoms with Crippen molar-refractivity contribution in [2.24, 2.45) is 0 Å². The SMILES string of the molecule is CCc1ccc2oc(C(=O)NCC(O)c3ccc(C(C)C)cc3)c(C)c2c1. The summed E-state index contributed by atoms with van der Waals surface area (Å²) >= 11 is 0. The van der Waals surface area contributed by atoms with Gasteiger partial charge >= 0.3 is 0 Å². The van der Waals surface area contributed by atoms with Crippen LogP contribution in [0.5, 0.6) is 0 Å². The van der Waals surface area contributed by atoms with Crippen LogP contribution in [0.25, 0.3) is 11.0 Å². The number of furan rings is 1. The molecular weight excluding hydrogens is 338 g/mol. The van der Waals surface area contributed by atoms with Crippen molar-refractivity contribution in [3.8, 4) is 0 Å². The summed E-state index contributed by atoms with van der Waals surface area (Å²) < 4.78 is 5.75. The van der Waals surface area contributed by atoms with Gasteiger partial charge in [-0.15, -0.1) is 0 Å². The molecule has 4 nitrogen and oxygen atoms in total. The first kappa shape index (κ1) is 19.2. The Morgan fingerprint density at radius 2 is 1.78 bits per heavy atom. The minimum atomic E-state index is -0.758. The molecule has 0 radical (unpaired) electrons. The predicted octanol–water partition coefficient (Wildman–Crippen LogP) is 4.89. The van der Waals surface area contributed by atoms with Gasteiger partial charge < -0.3 is 14.8 Å². The number of fused-ring (bicyclic) bond motifs is 1. The molecule has 1 unspecified atom stereocenters. The lowest BCUT2D eigenvalue weighted by Gasteiger charge is -2.13. The molecule has 0 bridgehead atoms. The van der Waals surface area contributed by atoms with Gasteiger partial charge in [-0.3, -0.25) is 4.79 Å². The number of hydrogen-bond donors (Lipinski definition) is 2. The van der Waals surface area contributed by atoms with Crippen molar-refractivity contribution < 1.29 is 14.3 Å². The molecule has 1 atom stereocenters. The largest absolute Gasteiger partial charge is 0.451 e. The van der Waals surface area contributed by atoms with E-state index in [1.807, 2.05) is 43.3 Å². The number of carbonyl (C=O) groups is 1. The van der Waals surface area contributed by atoms with Gasteiger partial charge in [0, 0.05) is 17.5 Å². The van der Waals surface area contributed by atoms with Crippen molar-refractivity contribution >= 4 is 16.9 Å². The maximum absolute atomic E-state index is 12.6. The van der Waals surface area contributed by atoms with Gasteiger partial charge in [-0.1, -0.05) is 51.1 Å². The van der Waals surface area contributed by atoms with Crippen LogP contribution in [0.1, 0.15) is 65.6 Å². The summed E-state index contributed by atoms with van der Waals surface area (Å²) in [5, 5.41) is 14.1. The van der Waals surface area contributed by atoms with E-state index >= 15 is 0 Å². The molecule has 0 fully saturated rings. The number of carbonyl (C=O) groups excluding carboxylic acids is 1. The number of amides is 1. The third-order valence-corrected chi connectivity index (χ3v) is 5.06. The minimum absolute atomic E-state index is 0.135. The predicted molar refractivity (Wildman–Crippen MR) is 108 cm³/mol. The van der Waals surface area contributed by atoms with Crippen LogP contribution >= 0.6 is 0 Å². The van der Waals surface area contributed by atoms with Crippen molar-refractivity contribution in [3.63, 3.8) is 0 Å². The third kappa shape index (κ3) is 4.06. The van der Waals surface area contributed by atoms with Gasteiger partial charge in [-0.05, 0) is 48.1 Å². The molecule has 0 saturated carbocycles. The zero-order valence-electron chi connectivity index (χ0n) is 16.4. The smallest absolute Gasteiger partial charge is 0.287 e. The minimum Gasteiger partial charge on any atom is -0.451 e. The van der Waals surface area contributed by atoms with Gasteiger partial charge in [0.15, 0.2) is 5.76 Å². The Kier molecular flexibility index (Phi) is 5.66. The fourth-order valence-corrected chi connectivity index (χ4v) is 3.20. The van der Waals surface area contributed by atoms with E-state index < -0.39 is 6.10 Å². The molecule has 0 aliphatic rings. The molecule has 0 spiro atoms. The van der Waals surface area contributed by atoms with Crippen LogP contribution in [0.15, 0.2) is 46.9 Å². The van der Waals surface area contributed by atoms with Gasteiger partial charge in [-0.25, -0.2) is 0 Å². The highest BCUT2D eigenvalue weighted by atomic mass is 16.3. The molecule has 1 aromatic heterocycles. The summed E-state index contributed by atoms with van der Waals surface area (Å²) in [5.41, 5.74) is 4.75. The Bertz CT molecular complexity index is 938. The number of aliphatic hydroxyl groups is 1. The molecule has 27 heavy (non-hydrogen) atoms. The van der Waals surface area contributed by atoms with Crippen LogP contribution in [0.2, 0.25) is 0 Å². The number of nitrogens with one attached hydrogen (secondary N) is 1. The molecule has 1 heterocycles. The summed E-state index contributed by atoms with van der Waals surface area (Å²) in [4.78, 5) is 12.6. The topological polar surface area (TPSA) is 62.5 Å². The standard InChI is InChI=1S/C23H27NO3/c1-5-16-6-11-21-19(12-16)15(4)22(27-21)23(26)24-13-20(25)18-9-7-17(8-10-18)14(2)3/h6-12,14,20,25H,5,13H2,1-4H3,(H,24,26). The van der Waals surface area contributed by atoms with Crippen LogP contribution in [-0.2, 0) is 6.42 Å². The molecule has 4 heteroatoms. The van der Waals surface area contributed by atoms with E-state index in [1.54, 1.807) is 0 Å². The molecule has 1 amide bonds. The first-order valence-corrected chi connectivity index (χ1v) is 9.48. The van der Waals surface area contributed by atoms with E-state index in [-0.39, 0.29) is 12.5 Å². The molecule has 3 aromatic rings. The number of aliphatic hydroxyl groups excluding tert-OH is 1. The quantitative estimate of drug-likeness (QED) is 0.654. The molecule has 2 aromatic carbocycles. The Hall–Kier alpha value is -2.59. The summed E-state index contributed by atoms with van der Waals surface area (Å²) in [6.07, 6.45) is 0.177. The van der Waals surface area contributed by atoms with Crippen molar-refractivity contribution in [1.29, 1.82) is 0 Å². The van der Waals surface area contributed by atoms with Crippen LogP contribution < -0.4 is 5.32 Å². The Balaban J connectivity index is 1.70. The average molecular weight is 365 g/mol. The molecule has 0 aliphatic heterocycles. The van der Waals surface area contributed by atoms with Gasteiger partial charge in [0.1, 0.15) is 5.58 Å². The second-order valence-corrected chi connectivity index (χ2v) is 7.29. The normalized spacial score (nSPS) is 12.5. The summed E-state index contributed by atoms with van der Waals surface area (Å²) in [7, 11) is 0. The Morgan fingerprint density at radius 3 is 2.41 bits per heavy atom. The van der Waals surface area contributed by atoms with Crippen LogP contribution in [0, 0.1) is 6.92 Å². The van der Waals surface area contributed by atoms with Crippen LogP contribution in [0.3, 0.4) is 0 Å². The molecule has 0 aliphatic carbocycles. The lowest BCUT2D eigenvalue weighted by Crippen LogP contribution is -2.28. The number of aryl methyl sites for hydroxylation is 2.